The maximum atomic E-state index is 10.2. The first-order valence-corrected chi connectivity index (χ1v) is 3.96. The van der Waals surface area contributed by atoms with E-state index < -0.39 is 0 Å². The third-order valence-electron chi connectivity index (χ3n) is 1.49. The molecule has 0 fully saturated rings. The predicted octanol–water partition coefficient (Wildman–Crippen LogP) is 1.90. The Labute approximate surface area is 72.2 Å². The first kappa shape index (κ1) is 8.78. The number of carbonyl (C=O) groups excluding carboxylic acids is 1. The standard InChI is InChI=1S/C10H12O2/c1-9(7-11)8-12-10-5-3-2-4-6-10/h2-7,9H,8H2,1H3/t9-/m1/s1. The van der Waals surface area contributed by atoms with Gasteiger partial charge >= 0.3 is 0 Å². The number of ether oxygens (including phenoxy) is 1. The molecule has 2 nitrogen and oxygen atoms in total. The summed E-state index contributed by atoms with van der Waals surface area (Å²) in [5.41, 5.74) is 0. The van der Waals surface area contributed by atoms with Crippen LogP contribution in [0.15, 0.2) is 30.3 Å². The number of rotatable bonds is 4. The van der Waals surface area contributed by atoms with Crippen LogP contribution < -0.4 is 4.74 Å². The van der Waals surface area contributed by atoms with Gasteiger partial charge in [0, 0.05) is 5.92 Å². The van der Waals surface area contributed by atoms with Gasteiger partial charge < -0.3 is 9.53 Å². The number of aldehydes is 1. The van der Waals surface area contributed by atoms with Crippen molar-refractivity contribution in [1.29, 1.82) is 0 Å². The Kier molecular flexibility index (Phi) is 3.33. The van der Waals surface area contributed by atoms with Crippen LogP contribution in [0.2, 0.25) is 0 Å². The van der Waals surface area contributed by atoms with E-state index in [0.717, 1.165) is 12.0 Å². The molecule has 12 heavy (non-hydrogen) atoms. The molecule has 64 valence electrons. The Bertz CT molecular complexity index is 231. The molecule has 0 aliphatic rings. The highest BCUT2D eigenvalue weighted by Crippen LogP contribution is 2.08. The quantitative estimate of drug-likeness (QED) is 0.635. The van der Waals surface area contributed by atoms with Crippen LogP contribution in [0.4, 0.5) is 0 Å². The van der Waals surface area contributed by atoms with E-state index in [0.29, 0.717) is 6.61 Å². The summed E-state index contributed by atoms with van der Waals surface area (Å²) < 4.78 is 5.33. The van der Waals surface area contributed by atoms with Crippen LogP contribution in [0, 0.1) is 5.92 Å². The number of para-hydroxylation sites is 1. The van der Waals surface area contributed by atoms with Crippen molar-refractivity contribution < 1.29 is 9.53 Å². The smallest absolute Gasteiger partial charge is 0.126 e. The molecule has 1 atom stereocenters. The van der Waals surface area contributed by atoms with Gasteiger partial charge in [0.25, 0.3) is 0 Å². The van der Waals surface area contributed by atoms with Gasteiger partial charge in [0.2, 0.25) is 0 Å². The molecule has 0 bridgehead atoms. The van der Waals surface area contributed by atoms with Crippen molar-refractivity contribution in [2.75, 3.05) is 6.61 Å². The molecule has 0 amide bonds. The molecular formula is C10H12O2. The highest BCUT2D eigenvalue weighted by atomic mass is 16.5. The second-order valence-corrected chi connectivity index (χ2v) is 2.74. The number of carbonyl (C=O) groups is 1. The van der Waals surface area contributed by atoms with Gasteiger partial charge in [-0.1, -0.05) is 25.1 Å². The summed E-state index contributed by atoms with van der Waals surface area (Å²) >= 11 is 0. The van der Waals surface area contributed by atoms with Gasteiger partial charge in [0.1, 0.15) is 12.0 Å². The molecule has 0 N–H and O–H groups in total. The third kappa shape index (κ3) is 2.74. The van der Waals surface area contributed by atoms with Gasteiger partial charge in [0.15, 0.2) is 0 Å². The van der Waals surface area contributed by atoms with Crippen molar-refractivity contribution in [3.05, 3.63) is 30.3 Å². The summed E-state index contributed by atoms with van der Waals surface area (Å²) in [6, 6.07) is 9.48. The maximum Gasteiger partial charge on any atom is 0.126 e. The van der Waals surface area contributed by atoms with Crippen molar-refractivity contribution >= 4 is 6.29 Å². The Morgan fingerprint density at radius 3 is 2.67 bits per heavy atom. The van der Waals surface area contributed by atoms with Crippen molar-refractivity contribution in [1.82, 2.24) is 0 Å². The van der Waals surface area contributed by atoms with Gasteiger partial charge in [-0.3, -0.25) is 0 Å². The molecular weight excluding hydrogens is 152 g/mol. The molecule has 0 radical (unpaired) electrons. The first-order valence-electron chi connectivity index (χ1n) is 3.96. The second-order valence-electron chi connectivity index (χ2n) is 2.74. The highest BCUT2D eigenvalue weighted by molar-refractivity contribution is 5.52. The average Bonchev–Trinajstić information content (AvgIpc) is 2.16. The molecule has 0 aliphatic carbocycles. The van der Waals surface area contributed by atoms with Gasteiger partial charge in [0.05, 0.1) is 6.61 Å². The summed E-state index contributed by atoms with van der Waals surface area (Å²) in [4.78, 5) is 10.2. The maximum absolute atomic E-state index is 10.2. The molecule has 1 rings (SSSR count). The zero-order chi connectivity index (χ0) is 8.81. The van der Waals surface area contributed by atoms with Crippen LogP contribution in [0.25, 0.3) is 0 Å². The predicted molar refractivity (Wildman–Crippen MR) is 47.2 cm³/mol. The fourth-order valence-electron chi connectivity index (χ4n) is 0.784. The normalized spacial score (nSPS) is 12.1. The van der Waals surface area contributed by atoms with Crippen molar-refractivity contribution in [2.24, 2.45) is 5.92 Å². The fraction of sp³-hybridized carbons (Fsp3) is 0.300. The van der Waals surface area contributed by atoms with Gasteiger partial charge in [-0.25, -0.2) is 0 Å². The van der Waals surface area contributed by atoms with E-state index in [1.807, 2.05) is 37.3 Å². The highest BCUT2D eigenvalue weighted by Gasteiger charge is 1.99. The van der Waals surface area contributed by atoms with Crippen molar-refractivity contribution in [2.45, 2.75) is 6.92 Å². The van der Waals surface area contributed by atoms with Crippen LogP contribution in [0.3, 0.4) is 0 Å². The number of hydrogen-bond donors (Lipinski definition) is 0. The average molecular weight is 164 g/mol. The lowest BCUT2D eigenvalue weighted by atomic mass is 10.2. The number of hydrogen-bond acceptors (Lipinski definition) is 2. The largest absolute Gasteiger partial charge is 0.493 e. The molecule has 0 aromatic heterocycles. The van der Waals surface area contributed by atoms with E-state index in [1.54, 1.807) is 0 Å². The minimum absolute atomic E-state index is 0.0368. The van der Waals surface area contributed by atoms with Crippen LogP contribution >= 0.6 is 0 Å². The fourth-order valence-corrected chi connectivity index (χ4v) is 0.784. The molecule has 0 aliphatic heterocycles. The lowest BCUT2D eigenvalue weighted by Gasteiger charge is -2.06. The lowest BCUT2D eigenvalue weighted by molar-refractivity contribution is -0.111. The molecule has 1 aromatic rings. The topological polar surface area (TPSA) is 26.3 Å². The Morgan fingerprint density at radius 2 is 2.08 bits per heavy atom. The Balaban J connectivity index is 2.38. The summed E-state index contributed by atoms with van der Waals surface area (Å²) in [5.74, 6) is 0.774. The van der Waals surface area contributed by atoms with Gasteiger partial charge in [-0.2, -0.15) is 0 Å². The zero-order valence-corrected chi connectivity index (χ0v) is 7.07. The summed E-state index contributed by atoms with van der Waals surface area (Å²) in [5, 5.41) is 0. The van der Waals surface area contributed by atoms with E-state index in [4.69, 9.17) is 4.74 Å². The molecule has 0 saturated carbocycles. The molecule has 0 spiro atoms. The van der Waals surface area contributed by atoms with Crippen molar-refractivity contribution in [3.63, 3.8) is 0 Å². The minimum Gasteiger partial charge on any atom is -0.493 e. The molecule has 0 unspecified atom stereocenters. The summed E-state index contributed by atoms with van der Waals surface area (Å²) in [7, 11) is 0. The monoisotopic (exact) mass is 164 g/mol. The molecule has 2 heteroatoms. The van der Waals surface area contributed by atoms with E-state index in [9.17, 15) is 4.79 Å². The second kappa shape index (κ2) is 4.54. The minimum atomic E-state index is -0.0368. The van der Waals surface area contributed by atoms with Crippen LogP contribution in [0.1, 0.15) is 6.92 Å². The Hall–Kier alpha value is -1.31. The first-order chi connectivity index (χ1) is 5.83. The van der Waals surface area contributed by atoms with Gasteiger partial charge in [-0.05, 0) is 12.1 Å². The summed E-state index contributed by atoms with van der Waals surface area (Å²) in [6.07, 6.45) is 0.892. The Morgan fingerprint density at radius 1 is 1.42 bits per heavy atom. The third-order valence-corrected chi connectivity index (χ3v) is 1.49. The van der Waals surface area contributed by atoms with Crippen LogP contribution in [-0.2, 0) is 4.79 Å². The van der Waals surface area contributed by atoms with Gasteiger partial charge in [-0.15, -0.1) is 0 Å². The van der Waals surface area contributed by atoms with E-state index in [-0.39, 0.29) is 5.92 Å². The molecule has 1 aromatic carbocycles. The molecule has 0 saturated heterocycles. The molecule has 0 heterocycles. The summed E-state index contributed by atoms with van der Waals surface area (Å²) in [6.45, 7) is 2.28. The zero-order valence-electron chi connectivity index (χ0n) is 7.07. The van der Waals surface area contributed by atoms with E-state index in [2.05, 4.69) is 0 Å². The van der Waals surface area contributed by atoms with Crippen LogP contribution in [0.5, 0.6) is 5.75 Å². The SMILES string of the molecule is C[C@H](C=O)COc1ccccc1. The van der Waals surface area contributed by atoms with Crippen molar-refractivity contribution in [3.8, 4) is 5.75 Å². The van der Waals surface area contributed by atoms with E-state index in [1.165, 1.54) is 0 Å². The lowest BCUT2D eigenvalue weighted by Crippen LogP contribution is -2.09. The van der Waals surface area contributed by atoms with E-state index >= 15 is 0 Å². The van der Waals surface area contributed by atoms with Crippen LogP contribution in [-0.4, -0.2) is 12.9 Å². The number of benzene rings is 1.